The van der Waals surface area contributed by atoms with Crippen molar-refractivity contribution in [2.45, 2.75) is 0 Å². The summed E-state index contributed by atoms with van der Waals surface area (Å²) in [5.74, 6) is 0.599. The molecule has 4 nitrogen and oxygen atoms in total. The molecule has 0 atom stereocenters. The van der Waals surface area contributed by atoms with Crippen LogP contribution in [0.2, 0.25) is 10.0 Å². The molecule has 0 N–H and O–H groups in total. The molecular formula is C17H10Cl2N4S. The van der Waals surface area contributed by atoms with Crippen LogP contribution in [-0.2, 0) is 0 Å². The van der Waals surface area contributed by atoms with E-state index < -0.39 is 0 Å². The second-order valence-corrected chi connectivity index (χ2v) is 6.86. The molecule has 2 heterocycles. The summed E-state index contributed by atoms with van der Waals surface area (Å²) in [5, 5.41) is 14.9. The van der Waals surface area contributed by atoms with Crippen molar-refractivity contribution < 1.29 is 0 Å². The minimum Gasteiger partial charge on any atom is -0.182 e. The van der Waals surface area contributed by atoms with Gasteiger partial charge in [-0.2, -0.15) is 9.61 Å². The largest absolute Gasteiger partial charge is 0.235 e. The minimum atomic E-state index is 0.520. The first-order chi connectivity index (χ1) is 11.7. The third kappa shape index (κ3) is 2.94. The van der Waals surface area contributed by atoms with Gasteiger partial charge in [0.25, 0.3) is 0 Å². The summed E-state index contributed by atoms with van der Waals surface area (Å²) < 4.78 is 1.70. The van der Waals surface area contributed by atoms with Gasteiger partial charge in [0, 0.05) is 10.6 Å². The van der Waals surface area contributed by atoms with Crippen molar-refractivity contribution in [2.75, 3.05) is 0 Å². The lowest BCUT2D eigenvalue weighted by Crippen LogP contribution is -1.91. The first-order valence-electron chi connectivity index (χ1n) is 7.11. The lowest BCUT2D eigenvalue weighted by molar-refractivity contribution is 0.960. The Morgan fingerprint density at radius 1 is 0.958 bits per heavy atom. The van der Waals surface area contributed by atoms with Crippen LogP contribution >= 0.6 is 34.5 Å². The highest BCUT2D eigenvalue weighted by molar-refractivity contribution is 7.17. The van der Waals surface area contributed by atoms with Crippen LogP contribution in [0.15, 0.2) is 48.5 Å². The normalized spacial score (nSPS) is 11.6. The van der Waals surface area contributed by atoms with E-state index in [4.69, 9.17) is 23.2 Å². The molecule has 0 radical (unpaired) electrons. The average molecular weight is 373 g/mol. The van der Waals surface area contributed by atoms with Crippen molar-refractivity contribution >= 4 is 51.7 Å². The molecule has 118 valence electrons. The molecule has 0 aliphatic heterocycles. The van der Waals surface area contributed by atoms with E-state index in [0.717, 1.165) is 16.1 Å². The van der Waals surface area contributed by atoms with Crippen LogP contribution in [0.5, 0.6) is 0 Å². The fourth-order valence-corrected chi connectivity index (χ4v) is 3.50. The molecule has 0 bridgehead atoms. The molecule has 0 aliphatic rings. The molecule has 24 heavy (non-hydrogen) atoms. The Morgan fingerprint density at radius 3 is 2.58 bits per heavy atom. The molecule has 0 amide bonds. The van der Waals surface area contributed by atoms with Gasteiger partial charge in [-0.25, -0.2) is 0 Å². The summed E-state index contributed by atoms with van der Waals surface area (Å²) in [4.78, 5) is 0.712. The maximum absolute atomic E-state index is 6.27. The standard InChI is InChI=1S/C17H10Cl2N4S/c18-12-7-8-13(14(19)10-12)16-20-21-17-23(16)22-15(24-17)9-6-11-4-2-1-3-5-11/h1-10H/b9-6+. The zero-order valence-corrected chi connectivity index (χ0v) is 14.6. The van der Waals surface area contributed by atoms with E-state index >= 15 is 0 Å². The third-order valence-electron chi connectivity index (χ3n) is 3.40. The minimum absolute atomic E-state index is 0.520. The number of aromatic nitrogens is 4. The van der Waals surface area contributed by atoms with Crippen molar-refractivity contribution in [3.05, 3.63) is 69.1 Å². The Balaban J connectivity index is 1.72. The number of nitrogens with zero attached hydrogens (tertiary/aromatic N) is 4. The molecule has 4 rings (SSSR count). The van der Waals surface area contributed by atoms with Crippen molar-refractivity contribution in [3.63, 3.8) is 0 Å². The van der Waals surface area contributed by atoms with Crippen molar-refractivity contribution in [1.82, 2.24) is 19.8 Å². The molecule has 2 aromatic carbocycles. The predicted molar refractivity (Wildman–Crippen MR) is 99.5 cm³/mol. The van der Waals surface area contributed by atoms with Gasteiger partial charge in [0.05, 0.1) is 5.02 Å². The molecule has 0 spiro atoms. The Morgan fingerprint density at radius 2 is 1.79 bits per heavy atom. The molecule has 0 fully saturated rings. The summed E-state index contributed by atoms with van der Waals surface area (Å²) >= 11 is 13.7. The summed E-state index contributed by atoms with van der Waals surface area (Å²) in [7, 11) is 0. The second kappa shape index (κ2) is 6.36. The van der Waals surface area contributed by atoms with Gasteiger partial charge in [-0.05, 0) is 29.8 Å². The summed E-state index contributed by atoms with van der Waals surface area (Å²) in [5.41, 5.74) is 1.86. The first kappa shape index (κ1) is 15.3. The van der Waals surface area contributed by atoms with Crippen LogP contribution in [0.25, 0.3) is 28.5 Å². The van der Waals surface area contributed by atoms with Crippen molar-refractivity contribution in [3.8, 4) is 11.4 Å². The zero-order chi connectivity index (χ0) is 16.5. The summed E-state index contributed by atoms with van der Waals surface area (Å²) in [6.45, 7) is 0. The predicted octanol–water partition coefficient (Wildman–Crippen LogP) is 5.33. The number of hydrogen-bond donors (Lipinski definition) is 0. The van der Waals surface area contributed by atoms with Gasteiger partial charge in [0.1, 0.15) is 5.01 Å². The van der Waals surface area contributed by atoms with E-state index in [2.05, 4.69) is 15.3 Å². The molecule has 7 heteroatoms. The SMILES string of the molecule is Clc1ccc(-c2nnc3sc(/C=C/c4ccccc4)nn23)c(Cl)c1. The smallest absolute Gasteiger partial charge is 0.182 e. The number of hydrogen-bond acceptors (Lipinski definition) is 4. The van der Waals surface area contributed by atoms with E-state index in [1.165, 1.54) is 11.3 Å². The van der Waals surface area contributed by atoms with Gasteiger partial charge >= 0.3 is 0 Å². The molecule has 0 saturated heterocycles. The number of rotatable bonds is 3. The third-order valence-corrected chi connectivity index (χ3v) is 4.81. The lowest BCUT2D eigenvalue weighted by Gasteiger charge is -2.00. The van der Waals surface area contributed by atoms with Crippen LogP contribution in [-0.4, -0.2) is 19.8 Å². The van der Waals surface area contributed by atoms with Crippen LogP contribution in [0.4, 0.5) is 0 Å². The average Bonchev–Trinajstić information content (AvgIpc) is 3.15. The second-order valence-electron chi connectivity index (χ2n) is 5.03. The zero-order valence-electron chi connectivity index (χ0n) is 12.2. The fraction of sp³-hybridized carbons (Fsp3) is 0. The van der Waals surface area contributed by atoms with Gasteiger partial charge in [0.2, 0.25) is 4.96 Å². The van der Waals surface area contributed by atoms with E-state index in [1.807, 2.05) is 48.6 Å². The maximum atomic E-state index is 6.27. The van der Waals surface area contributed by atoms with E-state index in [9.17, 15) is 0 Å². The lowest BCUT2D eigenvalue weighted by atomic mass is 10.2. The molecule has 0 unspecified atom stereocenters. The number of halogens is 2. The van der Waals surface area contributed by atoms with Crippen molar-refractivity contribution in [1.29, 1.82) is 0 Å². The van der Waals surface area contributed by atoms with E-state index in [0.29, 0.717) is 20.8 Å². The van der Waals surface area contributed by atoms with Crippen LogP contribution < -0.4 is 0 Å². The molecule has 4 aromatic rings. The molecular weight excluding hydrogens is 363 g/mol. The van der Waals surface area contributed by atoms with Crippen molar-refractivity contribution in [2.24, 2.45) is 0 Å². The monoisotopic (exact) mass is 372 g/mol. The highest BCUT2D eigenvalue weighted by atomic mass is 35.5. The van der Waals surface area contributed by atoms with E-state index in [1.54, 1.807) is 16.6 Å². The highest BCUT2D eigenvalue weighted by Crippen LogP contribution is 2.30. The maximum Gasteiger partial charge on any atom is 0.235 e. The number of fused-ring (bicyclic) bond motifs is 1. The molecule has 2 aromatic heterocycles. The molecule has 0 aliphatic carbocycles. The van der Waals surface area contributed by atoms with Gasteiger partial charge in [0.15, 0.2) is 5.82 Å². The van der Waals surface area contributed by atoms with Gasteiger partial charge in [-0.1, -0.05) is 70.9 Å². The Bertz CT molecular complexity index is 1040. The van der Waals surface area contributed by atoms with E-state index in [-0.39, 0.29) is 0 Å². The Labute approximate surface area is 152 Å². The number of benzene rings is 2. The van der Waals surface area contributed by atoms with Crippen LogP contribution in [0, 0.1) is 0 Å². The Hall–Kier alpha value is -2.21. The quantitative estimate of drug-likeness (QED) is 0.488. The Kier molecular flexibility index (Phi) is 4.06. The van der Waals surface area contributed by atoms with Crippen LogP contribution in [0.1, 0.15) is 10.6 Å². The summed E-state index contributed by atoms with van der Waals surface area (Å²) in [6, 6.07) is 15.3. The highest BCUT2D eigenvalue weighted by Gasteiger charge is 2.15. The summed E-state index contributed by atoms with van der Waals surface area (Å²) in [6.07, 6.45) is 3.97. The van der Waals surface area contributed by atoms with Gasteiger partial charge < -0.3 is 0 Å². The first-order valence-corrected chi connectivity index (χ1v) is 8.69. The fourth-order valence-electron chi connectivity index (χ4n) is 2.27. The molecule has 0 saturated carbocycles. The van der Waals surface area contributed by atoms with Gasteiger partial charge in [-0.3, -0.25) is 0 Å². The van der Waals surface area contributed by atoms with Gasteiger partial charge in [-0.15, -0.1) is 10.2 Å². The van der Waals surface area contributed by atoms with Crippen LogP contribution in [0.3, 0.4) is 0 Å². The topological polar surface area (TPSA) is 43.1 Å².